The molecule has 0 fully saturated rings. The number of nitrogens with one attached hydrogen (secondary N) is 1. The summed E-state index contributed by atoms with van der Waals surface area (Å²) in [5.74, 6) is 2.17. The van der Waals surface area contributed by atoms with Gasteiger partial charge in [0.1, 0.15) is 5.75 Å². The van der Waals surface area contributed by atoms with E-state index < -0.39 is 0 Å². The molecule has 0 aliphatic rings. The minimum Gasteiger partial charge on any atom is -0.496 e. The van der Waals surface area contributed by atoms with E-state index in [-0.39, 0.29) is 5.78 Å². The Morgan fingerprint density at radius 3 is 2.78 bits per heavy atom. The summed E-state index contributed by atoms with van der Waals surface area (Å²) in [4.78, 5) is 16.7. The molecule has 0 aliphatic heterocycles. The fraction of sp³-hybridized carbons (Fsp3) is 0.211. The van der Waals surface area contributed by atoms with E-state index in [1.54, 1.807) is 25.3 Å². The summed E-state index contributed by atoms with van der Waals surface area (Å²) in [5, 5.41) is 8.36. The standard InChI is InChI=1S/C19H17BrClN3O2S/c1-26-17-9-8-14(21)11-15(17)18-22-19(24-23-18)27-10-2-3-16(25)12-4-6-13(20)7-5-12/h4-9,11H,2-3,10H2,1H3,(H,22,23,24). The zero-order valence-electron chi connectivity index (χ0n) is 14.5. The summed E-state index contributed by atoms with van der Waals surface area (Å²) in [7, 11) is 1.60. The lowest BCUT2D eigenvalue weighted by Crippen LogP contribution is -1.99. The quantitative estimate of drug-likeness (QED) is 0.264. The van der Waals surface area contributed by atoms with Gasteiger partial charge in [0, 0.05) is 27.2 Å². The van der Waals surface area contributed by atoms with Gasteiger partial charge in [-0.05, 0) is 36.8 Å². The van der Waals surface area contributed by atoms with Crippen molar-refractivity contribution in [3.05, 3.63) is 57.5 Å². The largest absolute Gasteiger partial charge is 0.496 e. The molecule has 0 spiro atoms. The van der Waals surface area contributed by atoms with E-state index in [4.69, 9.17) is 16.3 Å². The van der Waals surface area contributed by atoms with Crippen LogP contribution in [-0.4, -0.2) is 33.8 Å². The first-order chi connectivity index (χ1) is 13.1. The van der Waals surface area contributed by atoms with Gasteiger partial charge in [-0.3, -0.25) is 9.89 Å². The number of nitrogens with zero attached hydrogens (tertiary/aromatic N) is 2. The van der Waals surface area contributed by atoms with Crippen LogP contribution in [0.15, 0.2) is 52.1 Å². The van der Waals surface area contributed by atoms with Gasteiger partial charge in [-0.1, -0.05) is 51.4 Å². The summed E-state index contributed by atoms with van der Waals surface area (Å²) in [6, 6.07) is 12.8. The van der Waals surface area contributed by atoms with Crippen LogP contribution in [0, 0.1) is 0 Å². The van der Waals surface area contributed by atoms with Crippen molar-refractivity contribution in [2.75, 3.05) is 12.9 Å². The van der Waals surface area contributed by atoms with Gasteiger partial charge in [-0.25, -0.2) is 4.98 Å². The summed E-state index contributed by atoms with van der Waals surface area (Å²) in [5.41, 5.74) is 1.49. The first-order valence-corrected chi connectivity index (χ1v) is 10.4. The first kappa shape index (κ1) is 19.9. The van der Waals surface area contributed by atoms with Crippen LogP contribution in [0.5, 0.6) is 5.75 Å². The average Bonchev–Trinajstić information content (AvgIpc) is 3.14. The molecule has 0 saturated carbocycles. The van der Waals surface area contributed by atoms with Crippen molar-refractivity contribution in [2.45, 2.75) is 18.0 Å². The molecule has 3 rings (SSSR count). The molecule has 0 bridgehead atoms. The highest BCUT2D eigenvalue weighted by Crippen LogP contribution is 2.31. The molecule has 140 valence electrons. The van der Waals surface area contributed by atoms with Gasteiger partial charge in [0.25, 0.3) is 0 Å². The van der Waals surface area contributed by atoms with Crippen molar-refractivity contribution in [3.8, 4) is 17.1 Å². The van der Waals surface area contributed by atoms with Gasteiger partial charge in [0.15, 0.2) is 11.6 Å². The lowest BCUT2D eigenvalue weighted by molar-refractivity contribution is 0.0982. The maximum Gasteiger partial charge on any atom is 0.208 e. The van der Waals surface area contributed by atoms with Gasteiger partial charge in [-0.2, -0.15) is 0 Å². The van der Waals surface area contributed by atoms with Crippen molar-refractivity contribution in [2.24, 2.45) is 0 Å². The van der Waals surface area contributed by atoms with Crippen molar-refractivity contribution in [1.82, 2.24) is 15.2 Å². The minimum absolute atomic E-state index is 0.141. The molecule has 0 amide bonds. The Kier molecular flexibility index (Phi) is 6.93. The molecule has 0 radical (unpaired) electrons. The van der Waals surface area contributed by atoms with Crippen LogP contribution in [0.4, 0.5) is 0 Å². The molecule has 8 heteroatoms. The van der Waals surface area contributed by atoms with Gasteiger partial charge in [0.2, 0.25) is 5.16 Å². The number of thioether (sulfide) groups is 1. The number of halogens is 2. The third kappa shape index (κ3) is 5.34. The van der Waals surface area contributed by atoms with Gasteiger partial charge in [-0.15, -0.1) is 5.10 Å². The van der Waals surface area contributed by atoms with Crippen LogP contribution >= 0.6 is 39.3 Å². The van der Waals surface area contributed by atoms with Crippen molar-refractivity contribution < 1.29 is 9.53 Å². The number of benzene rings is 2. The number of hydrogen-bond acceptors (Lipinski definition) is 5. The molecule has 0 saturated heterocycles. The highest BCUT2D eigenvalue weighted by atomic mass is 79.9. The second-order valence-electron chi connectivity index (χ2n) is 5.69. The van der Waals surface area contributed by atoms with Crippen LogP contribution in [0.3, 0.4) is 0 Å². The number of ether oxygens (including phenoxy) is 1. The predicted molar refractivity (Wildman–Crippen MR) is 112 cm³/mol. The van der Waals surface area contributed by atoms with E-state index in [9.17, 15) is 4.79 Å². The maximum atomic E-state index is 12.2. The second-order valence-corrected chi connectivity index (χ2v) is 8.11. The number of hydrogen-bond donors (Lipinski definition) is 1. The number of aromatic amines is 1. The molecular weight excluding hydrogens is 450 g/mol. The normalized spacial score (nSPS) is 10.8. The minimum atomic E-state index is 0.141. The zero-order chi connectivity index (χ0) is 19.2. The number of aromatic nitrogens is 3. The van der Waals surface area contributed by atoms with Crippen LogP contribution in [0.25, 0.3) is 11.4 Å². The van der Waals surface area contributed by atoms with Crippen molar-refractivity contribution in [1.29, 1.82) is 0 Å². The van der Waals surface area contributed by atoms with E-state index in [2.05, 4.69) is 31.1 Å². The summed E-state index contributed by atoms with van der Waals surface area (Å²) < 4.78 is 6.31. The number of carbonyl (C=O) groups is 1. The van der Waals surface area contributed by atoms with E-state index >= 15 is 0 Å². The van der Waals surface area contributed by atoms with Crippen LogP contribution in [0.2, 0.25) is 5.02 Å². The number of ketones is 1. The third-order valence-electron chi connectivity index (χ3n) is 3.83. The number of H-pyrrole nitrogens is 1. The average molecular weight is 467 g/mol. The molecule has 1 heterocycles. The SMILES string of the molecule is COc1ccc(Cl)cc1-c1nc(SCCCC(=O)c2ccc(Br)cc2)n[nH]1. The molecule has 0 unspecified atom stereocenters. The number of methoxy groups -OCH3 is 1. The van der Waals surface area contributed by atoms with Crippen molar-refractivity contribution in [3.63, 3.8) is 0 Å². The fourth-order valence-corrected chi connectivity index (χ4v) is 3.65. The van der Waals surface area contributed by atoms with Gasteiger partial charge < -0.3 is 4.74 Å². The lowest BCUT2D eigenvalue weighted by atomic mass is 10.1. The summed E-state index contributed by atoms with van der Waals surface area (Å²) in [6.07, 6.45) is 1.25. The molecule has 0 atom stereocenters. The smallest absolute Gasteiger partial charge is 0.208 e. The molecule has 5 nitrogen and oxygen atoms in total. The van der Waals surface area contributed by atoms with E-state index in [1.165, 1.54) is 11.8 Å². The highest BCUT2D eigenvalue weighted by Gasteiger charge is 2.12. The Hall–Kier alpha value is -1.83. The third-order valence-corrected chi connectivity index (χ3v) is 5.52. The van der Waals surface area contributed by atoms with Crippen LogP contribution in [0.1, 0.15) is 23.2 Å². The monoisotopic (exact) mass is 465 g/mol. The molecule has 1 N–H and O–H groups in total. The predicted octanol–water partition coefficient (Wildman–Crippen LogP) is 5.65. The van der Waals surface area contributed by atoms with E-state index in [1.807, 2.05) is 24.3 Å². The Morgan fingerprint density at radius 1 is 1.26 bits per heavy atom. The number of Topliss-reactive ketones (excluding diaryl/α,β-unsaturated/α-hetero) is 1. The topological polar surface area (TPSA) is 67.9 Å². The van der Waals surface area contributed by atoms with Crippen LogP contribution < -0.4 is 4.74 Å². The highest BCUT2D eigenvalue weighted by molar-refractivity contribution is 9.10. The Bertz CT molecular complexity index is 931. The van der Waals surface area contributed by atoms with Crippen molar-refractivity contribution >= 4 is 45.1 Å². The molecule has 0 aliphatic carbocycles. The Morgan fingerprint density at radius 2 is 2.04 bits per heavy atom. The summed E-state index contributed by atoms with van der Waals surface area (Å²) >= 11 is 10.9. The number of rotatable bonds is 8. The van der Waals surface area contributed by atoms with Gasteiger partial charge >= 0.3 is 0 Å². The first-order valence-electron chi connectivity index (χ1n) is 8.24. The van der Waals surface area contributed by atoms with E-state index in [0.29, 0.717) is 28.2 Å². The zero-order valence-corrected chi connectivity index (χ0v) is 17.7. The molecule has 3 aromatic rings. The Labute approximate surface area is 175 Å². The molecule has 1 aromatic heterocycles. The fourth-order valence-electron chi connectivity index (χ4n) is 2.47. The lowest BCUT2D eigenvalue weighted by Gasteiger charge is -2.05. The summed E-state index contributed by atoms with van der Waals surface area (Å²) in [6.45, 7) is 0. The van der Waals surface area contributed by atoms with E-state index in [0.717, 1.165) is 27.8 Å². The van der Waals surface area contributed by atoms with Crippen LogP contribution in [-0.2, 0) is 0 Å². The molecular formula is C19H17BrClN3O2S. The Balaban J connectivity index is 1.54. The maximum absolute atomic E-state index is 12.2. The van der Waals surface area contributed by atoms with Gasteiger partial charge in [0.05, 0.1) is 12.7 Å². The molecule has 27 heavy (non-hydrogen) atoms. The molecule has 2 aromatic carbocycles. The second kappa shape index (κ2) is 9.39. The number of carbonyl (C=O) groups excluding carboxylic acids is 1.